The van der Waals surface area contributed by atoms with Gasteiger partial charge < -0.3 is 10.3 Å². The molecule has 1 aliphatic rings. The zero-order chi connectivity index (χ0) is 10.7. The maximum atomic E-state index is 5.99. The largest absolute Gasteiger partial charge is 0.339 e. The van der Waals surface area contributed by atoms with Crippen LogP contribution in [0.2, 0.25) is 0 Å². The fourth-order valence-corrected chi connectivity index (χ4v) is 2.15. The Morgan fingerprint density at radius 3 is 3.00 bits per heavy atom. The highest BCUT2D eigenvalue weighted by atomic mass is 16.5. The zero-order valence-electron chi connectivity index (χ0n) is 9.28. The molecule has 1 saturated carbocycles. The minimum atomic E-state index is 0.212. The van der Waals surface area contributed by atoms with Crippen molar-refractivity contribution in [3.05, 3.63) is 11.7 Å². The van der Waals surface area contributed by atoms with E-state index in [1.807, 2.05) is 0 Å². The minimum Gasteiger partial charge on any atom is -0.339 e. The lowest BCUT2D eigenvalue weighted by Gasteiger charge is -2.08. The normalized spacial score (nSPS) is 26.0. The third kappa shape index (κ3) is 2.37. The first-order valence-electron chi connectivity index (χ1n) is 5.89. The van der Waals surface area contributed by atoms with Crippen LogP contribution in [-0.2, 0) is 6.42 Å². The van der Waals surface area contributed by atoms with Gasteiger partial charge in [0.15, 0.2) is 5.82 Å². The molecule has 1 aromatic heterocycles. The van der Waals surface area contributed by atoms with E-state index < -0.39 is 0 Å². The molecule has 1 aliphatic carbocycles. The van der Waals surface area contributed by atoms with Crippen LogP contribution in [-0.4, -0.2) is 16.2 Å². The monoisotopic (exact) mass is 209 g/mol. The Kier molecular flexibility index (Phi) is 3.36. The average Bonchev–Trinajstić information content (AvgIpc) is 2.83. The molecule has 0 saturated heterocycles. The van der Waals surface area contributed by atoms with Crippen molar-refractivity contribution in [2.24, 2.45) is 5.73 Å². The van der Waals surface area contributed by atoms with Crippen molar-refractivity contribution in [1.29, 1.82) is 0 Å². The predicted octanol–water partition coefficient (Wildman–Crippen LogP) is 2.01. The highest BCUT2D eigenvalue weighted by Gasteiger charge is 2.30. The first-order valence-corrected chi connectivity index (χ1v) is 5.89. The van der Waals surface area contributed by atoms with Gasteiger partial charge in [-0.15, -0.1) is 0 Å². The van der Waals surface area contributed by atoms with Crippen molar-refractivity contribution in [3.8, 4) is 0 Å². The zero-order valence-corrected chi connectivity index (χ0v) is 9.28. The van der Waals surface area contributed by atoms with E-state index >= 15 is 0 Å². The first kappa shape index (κ1) is 10.6. The summed E-state index contributed by atoms with van der Waals surface area (Å²) in [5.41, 5.74) is 5.99. The maximum Gasteiger partial charge on any atom is 0.231 e. The summed E-state index contributed by atoms with van der Waals surface area (Å²) >= 11 is 0. The van der Waals surface area contributed by atoms with Crippen LogP contribution in [0.15, 0.2) is 4.52 Å². The van der Waals surface area contributed by atoms with E-state index in [2.05, 4.69) is 17.1 Å². The Bertz CT molecular complexity index is 311. The van der Waals surface area contributed by atoms with Crippen LogP contribution in [0.5, 0.6) is 0 Å². The molecule has 4 nitrogen and oxygen atoms in total. The van der Waals surface area contributed by atoms with E-state index in [0.717, 1.165) is 43.8 Å². The molecule has 2 N–H and O–H groups in total. The second kappa shape index (κ2) is 4.75. The van der Waals surface area contributed by atoms with Crippen molar-refractivity contribution in [1.82, 2.24) is 10.1 Å². The van der Waals surface area contributed by atoms with Gasteiger partial charge in [-0.05, 0) is 19.3 Å². The van der Waals surface area contributed by atoms with Crippen molar-refractivity contribution in [2.45, 2.75) is 57.4 Å². The summed E-state index contributed by atoms with van der Waals surface area (Å²) in [5.74, 6) is 1.89. The van der Waals surface area contributed by atoms with Gasteiger partial charge in [-0.1, -0.05) is 24.9 Å². The van der Waals surface area contributed by atoms with Crippen LogP contribution >= 0.6 is 0 Å². The molecule has 0 radical (unpaired) electrons. The van der Waals surface area contributed by atoms with Gasteiger partial charge in [0.25, 0.3) is 0 Å². The summed E-state index contributed by atoms with van der Waals surface area (Å²) in [6, 6.07) is 0.212. The second-order valence-corrected chi connectivity index (χ2v) is 4.35. The van der Waals surface area contributed by atoms with Crippen LogP contribution < -0.4 is 5.73 Å². The molecule has 1 aromatic rings. The van der Waals surface area contributed by atoms with E-state index in [9.17, 15) is 0 Å². The van der Waals surface area contributed by atoms with Gasteiger partial charge in [0.2, 0.25) is 5.89 Å². The summed E-state index contributed by atoms with van der Waals surface area (Å²) < 4.78 is 5.27. The standard InChI is InChI=1S/C11H19N3O/c1-2-3-7-10-13-11(15-14-10)8-5-4-6-9(8)12/h8-9H,2-7,12H2,1H3. The molecule has 2 rings (SSSR count). The number of hydrogen-bond donors (Lipinski definition) is 1. The summed E-state index contributed by atoms with van der Waals surface area (Å²) in [4.78, 5) is 4.42. The van der Waals surface area contributed by atoms with Gasteiger partial charge in [0.1, 0.15) is 0 Å². The van der Waals surface area contributed by atoms with Crippen LogP contribution in [0, 0.1) is 0 Å². The minimum absolute atomic E-state index is 0.212. The Balaban J connectivity index is 1.99. The molecule has 0 spiro atoms. The molecule has 2 atom stereocenters. The van der Waals surface area contributed by atoms with E-state index in [0.29, 0.717) is 5.92 Å². The number of rotatable bonds is 4. The molecule has 84 valence electrons. The number of nitrogens with zero attached hydrogens (tertiary/aromatic N) is 2. The molecule has 15 heavy (non-hydrogen) atoms. The van der Waals surface area contributed by atoms with E-state index in [1.165, 1.54) is 6.42 Å². The first-order chi connectivity index (χ1) is 7.31. The van der Waals surface area contributed by atoms with E-state index in [4.69, 9.17) is 10.3 Å². The molecule has 1 fully saturated rings. The smallest absolute Gasteiger partial charge is 0.231 e. The topological polar surface area (TPSA) is 64.9 Å². The quantitative estimate of drug-likeness (QED) is 0.823. The number of nitrogens with two attached hydrogens (primary N) is 1. The summed E-state index contributed by atoms with van der Waals surface area (Å²) in [6.07, 6.45) is 6.55. The molecule has 4 heteroatoms. The number of hydrogen-bond acceptors (Lipinski definition) is 4. The summed E-state index contributed by atoms with van der Waals surface area (Å²) in [5, 5.41) is 3.99. The lowest BCUT2D eigenvalue weighted by Crippen LogP contribution is -2.22. The lowest BCUT2D eigenvalue weighted by molar-refractivity contribution is 0.341. The second-order valence-electron chi connectivity index (χ2n) is 4.35. The fraction of sp³-hybridized carbons (Fsp3) is 0.818. The number of unbranched alkanes of at least 4 members (excludes halogenated alkanes) is 1. The van der Waals surface area contributed by atoms with Crippen molar-refractivity contribution < 1.29 is 4.52 Å². The third-order valence-corrected chi connectivity index (χ3v) is 3.12. The van der Waals surface area contributed by atoms with Gasteiger partial charge in [-0.3, -0.25) is 0 Å². The van der Waals surface area contributed by atoms with Gasteiger partial charge in [-0.25, -0.2) is 0 Å². The van der Waals surface area contributed by atoms with E-state index in [-0.39, 0.29) is 6.04 Å². The molecule has 0 aromatic carbocycles. The Morgan fingerprint density at radius 1 is 1.47 bits per heavy atom. The van der Waals surface area contributed by atoms with Crippen molar-refractivity contribution >= 4 is 0 Å². The molecule has 0 bridgehead atoms. The highest BCUT2D eigenvalue weighted by Crippen LogP contribution is 2.32. The molecule has 0 amide bonds. The van der Waals surface area contributed by atoms with Crippen LogP contribution in [0.4, 0.5) is 0 Å². The number of aryl methyl sites for hydroxylation is 1. The fourth-order valence-electron chi connectivity index (χ4n) is 2.15. The van der Waals surface area contributed by atoms with Crippen LogP contribution in [0.25, 0.3) is 0 Å². The predicted molar refractivity (Wildman–Crippen MR) is 57.5 cm³/mol. The molecule has 0 aliphatic heterocycles. The van der Waals surface area contributed by atoms with Gasteiger partial charge in [0, 0.05) is 12.5 Å². The van der Waals surface area contributed by atoms with E-state index in [1.54, 1.807) is 0 Å². The molecular weight excluding hydrogens is 190 g/mol. The lowest BCUT2D eigenvalue weighted by atomic mass is 10.1. The van der Waals surface area contributed by atoms with Gasteiger partial charge in [0.05, 0.1) is 5.92 Å². The Morgan fingerprint density at radius 2 is 2.33 bits per heavy atom. The van der Waals surface area contributed by atoms with Crippen molar-refractivity contribution in [2.75, 3.05) is 0 Å². The third-order valence-electron chi connectivity index (χ3n) is 3.12. The maximum absolute atomic E-state index is 5.99. The average molecular weight is 209 g/mol. The van der Waals surface area contributed by atoms with Crippen molar-refractivity contribution in [3.63, 3.8) is 0 Å². The Labute approximate surface area is 90.2 Å². The molecule has 1 heterocycles. The number of aromatic nitrogens is 2. The molecule has 2 unspecified atom stereocenters. The summed E-state index contributed by atoms with van der Waals surface area (Å²) in [7, 11) is 0. The molecular formula is C11H19N3O. The van der Waals surface area contributed by atoms with Gasteiger partial charge >= 0.3 is 0 Å². The summed E-state index contributed by atoms with van der Waals surface area (Å²) in [6.45, 7) is 2.16. The van der Waals surface area contributed by atoms with Crippen LogP contribution in [0.3, 0.4) is 0 Å². The SMILES string of the molecule is CCCCc1noc(C2CCCC2N)n1. The van der Waals surface area contributed by atoms with Crippen LogP contribution in [0.1, 0.15) is 56.7 Å². The highest BCUT2D eigenvalue weighted by molar-refractivity contribution is 5.01. The Hall–Kier alpha value is -0.900. The van der Waals surface area contributed by atoms with Gasteiger partial charge in [-0.2, -0.15) is 4.98 Å².